The molecule has 5 rings (SSSR count). The topological polar surface area (TPSA) is 72.6 Å². The van der Waals surface area contributed by atoms with Crippen molar-refractivity contribution >= 4 is 16.9 Å². The Balaban J connectivity index is 1.37. The molecule has 2 aromatic rings. The van der Waals surface area contributed by atoms with E-state index in [0.29, 0.717) is 25.2 Å². The molecule has 3 atom stereocenters. The number of fused-ring (bicyclic) bond motifs is 2. The molecule has 0 unspecified atom stereocenters. The molecule has 0 radical (unpaired) electrons. The summed E-state index contributed by atoms with van der Waals surface area (Å²) in [6.45, 7) is 9.24. The highest BCUT2D eigenvalue weighted by Crippen LogP contribution is 2.44. The number of urea groups is 1. The number of hydrogen-bond acceptors (Lipinski definition) is 4. The number of likely N-dealkylation sites (tertiary alicyclic amines) is 1. The van der Waals surface area contributed by atoms with Gasteiger partial charge in [0.05, 0.1) is 13.2 Å². The van der Waals surface area contributed by atoms with Gasteiger partial charge in [-0.2, -0.15) is 0 Å². The Kier molecular flexibility index (Phi) is 5.43. The number of aromatic amines is 1. The van der Waals surface area contributed by atoms with E-state index in [-0.39, 0.29) is 12.1 Å². The van der Waals surface area contributed by atoms with E-state index in [1.54, 1.807) is 0 Å². The van der Waals surface area contributed by atoms with E-state index >= 15 is 0 Å². The van der Waals surface area contributed by atoms with Crippen molar-refractivity contribution in [2.45, 2.75) is 51.1 Å². The molecular weight excluding hydrogens is 378 g/mol. The first-order valence-electron chi connectivity index (χ1n) is 11.4. The summed E-state index contributed by atoms with van der Waals surface area (Å²) >= 11 is 0. The SMILES string of the molecule is CCCN1C[C@@H](NC(=O)NN2CCOCC2)C[C@@H]2c3cccc4[nH]c(C)c(c34)C[C@H]21. The zero-order valence-electron chi connectivity index (χ0n) is 18.0. The van der Waals surface area contributed by atoms with Gasteiger partial charge in [-0.1, -0.05) is 19.1 Å². The first kappa shape index (κ1) is 19.8. The van der Waals surface area contributed by atoms with Crippen LogP contribution in [0.3, 0.4) is 0 Å². The summed E-state index contributed by atoms with van der Waals surface area (Å²) in [6, 6.07) is 7.23. The summed E-state index contributed by atoms with van der Waals surface area (Å²) in [5.41, 5.74) is 8.49. The van der Waals surface area contributed by atoms with Gasteiger partial charge in [0.15, 0.2) is 0 Å². The van der Waals surface area contributed by atoms with Crippen molar-refractivity contribution in [2.75, 3.05) is 39.4 Å². The molecule has 1 aromatic carbocycles. The lowest BCUT2D eigenvalue weighted by Gasteiger charge is -2.47. The minimum absolute atomic E-state index is 0.0935. The maximum Gasteiger partial charge on any atom is 0.329 e. The molecule has 3 aliphatic rings. The number of carbonyl (C=O) groups excluding carboxylic acids is 1. The lowest BCUT2D eigenvalue weighted by molar-refractivity contribution is 0.0186. The van der Waals surface area contributed by atoms with E-state index in [1.807, 2.05) is 5.01 Å². The lowest BCUT2D eigenvalue weighted by atomic mass is 9.73. The number of benzene rings is 1. The third kappa shape index (κ3) is 3.59. The van der Waals surface area contributed by atoms with E-state index in [2.05, 4.69) is 52.7 Å². The van der Waals surface area contributed by atoms with E-state index < -0.39 is 0 Å². The molecule has 2 fully saturated rings. The second kappa shape index (κ2) is 8.21. The molecule has 0 saturated carbocycles. The molecule has 1 aliphatic carbocycles. The molecule has 7 nitrogen and oxygen atoms in total. The van der Waals surface area contributed by atoms with E-state index in [0.717, 1.165) is 45.4 Å². The summed E-state index contributed by atoms with van der Waals surface area (Å²) in [6.07, 6.45) is 3.21. The van der Waals surface area contributed by atoms with Gasteiger partial charge in [-0.05, 0) is 49.9 Å². The molecule has 30 heavy (non-hydrogen) atoms. The summed E-state index contributed by atoms with van der Waals surface area (Å²) < 4.78 is 5.37. The van der Waals surface area contributed by atoms with Gasteiger partial charge in [-0.15, -0.1) is 0 Å². The summed E-state index contributed by atoms with van der Waals surface area (Å²) in [5, 5.41) is 6.64. The Hall–Kier alpha value is -2.09. The third-order valence-corrected chi connectivity index (χ3v) is 7.03. The highest BCUT2D eigenvalue weighted by atomic mass is 16.5. The molecule has 2 aliphatic heterocycles. The second-order valence-corrected chi connectivity index (χ2v) is 8.99. The maximum atomic E-state index is 12.7. The number of piperidine rings is 1. The highest BCUT2D eigenvalue weighted by molar-refractivity contribution is 5.89. The number of ether oxygens (including phenoxy) is 1. The Morgan fingerprint density at radius 3 is 2.93 bits per heavy atom. The Morgan fingerprint density at radius 2 is 2.13 bits per heavy atom. The predicted molar refractivity (Wildman–Crippen MR) is 118 cm³/mol. The predicted octanol–water partition coefficient (Wildman–Crippen LogP) is 2.52. The molecule has 2 amide bonds. The molecule has 162 valence electrons. The number of H-pyrrole nitrogens is 1. The van der Waals surface area contributed by atoms with Crippen LogP contribution < -0.4 is 10.7 Å². The fourth-order valence-corrected chi connectivity index (χ4v) is 5.75. The molecule has 3 heterocycles. The van der Waals surface area contributed by atoms with Crippen LogP contribution in [0.4, 0.5) is 4.79 Å². The Bertz CT molecular complexity index is 920. The number of amides is 2. The first-order valence-corrected chi connectivity index (χ1v) is 11.4. The van der Waals surface area contributed by atoms with Crippen molar-refractivity contribution in [1.82, 2.24) is 25.6 Å². The number of aryl methyl sites for hydroxylation is 1. The fraction of sp³-hybridized carbons (Fsp3) is 0.609. The van der Waals surface area contributed by atoms with Crippen molar-refractivity contribution < 1.29 is 9.53 Å². The van der Waals surface area contributed by atoms with Crippen molar-refractivity contribution in [3.8, 4) is 0 Å². The zero-order valence-corrected chi connectivity index (χ0v) is 18.0. The molecule has 0 bridgehead atoms. The lowest BCUT2D eigenvalue weighted by Crippen LogP contribution is -2.59. The van der Waals surface area contributed by atoms with E-state index in [4.69, 9.17) is 4.74 Å². The van der Waals surface area contributed by atoms with Gasteiger partial charge >= 0.3 is 6.03 Å². The number of hydrogen-bond donors (Lipinski definition) is 3. The van der Waals surface area contributed by atoms with Gasteiger partial charge in [-0.25, -0.2) is 9.80 Å². The second-order valence-electron chi connectivity index (χ2n) is 8.99. The number of nitrogens with one attached hydrogen (secondary N) is 3. The van der Waals surface area contributed by atoms with Gasteiger partial charge in [0.2, 0.25) is 0 Å². The average molecular weight is 412 g/mol. The minimum atomic E-state index is -0.0935. The first-order chi connectivity index (χ1) is 14.6. The number of aromatic nitrogens is 1. The van der Waals surface area contributed by atoms with Crippen LogP contribution in [0.2, 0.25) is 0 Å². The van der Waals surface area contributed by atoms with Crippen molar-refractivity contribution in [3.05, 3.63) is 35.0 Å². The van der Waals surface area contributed by atoms with Crippen LogP contribution in [0, 0.1) is 6.92 Å². The Labute approximate surface area is 178 Å². The molecule has 0 spiro atoms. The molecular formula is C23H33N5O2. The maximum absolute atomic E-state index is 12.7. The van der Waals surface area contributed by atoms with Crippen molar-refractivity contribution in [2.24, 2.45) is 0 Å². The summed E-state index contributed by atoms with van der Waals surface area (Å²) in [5.74, 6) is 0.449. The van der Waals surface area contributed by atoms with Crippen LogP contribution in [-0.4, -0.2) is 72.4 Å². The number of morpholine rings is 1. The molecule has 7 heteroatoms. The van der Waals surface area contributed by atoms with Crippen LogP contribution in [0.5, 0.6) is 0 Å². The molecule has 2 saturated heterocycles. The van der Waals surface area contributed by atoms with Crippen molar-refractivity contribution in [3.63, 3.8) is 0 Å². The van der Waals surface area contributed by atoms with Gasteiger partial charge in [0.1, 0.15) is 0 Å². The molecule has 3 N–H and O–H groups in total. The van der Waals surface area contributed by atoms with Gasteiger partial charge in [0.25, 0.3) is 0 Å². The third-order valence-electron chi connectivity index (χ3n) is 7.03. The summed E-state index contributed by atoms with van der Waals surface area (Å²) in [7, 11) is 0. The van der Waals surface area contributed by atoms with Crippen LogP contribution in [-0.2, 0) is 11.2 Å². The quantitative estimate of drug-likeness (QED) is 0.723. The average Bonchev–Trinajstić information content (AvgIpc) is 3.06. The largest absolute Gasteiger partial charge is 0.379 e. The van der Waals surface area contributed by atoms with Crippen LogP contribution in [0.15, 0.2) is 18.2 Å². The van der Waals surface area contributed by atoms with Crippen LogP contribution in [0.1, 0.15) is 42.5 Å². The number of carbonyl (C=O) groups is 1. The number of rotatable bonds is 4. The van der Waals surface area contributed by atoms with Crippen molar-refractivity contribution in [1.29, 1.82) is 0 Å². The van der Waals surface area contributed by atoms with Gasteiger partial charge in [0, 0.05) is 54.2 Å². The standard InChI is InChI=1S/C23H33N5O2/c1-3-7-27-14-16(25-23(29)26-28-8-10-30-11-9-28)12-19-17-5-4-6-20-22(17)18(13-21(19)27)15(2)24-20/h4-6,16,19,21,24H,3,7-14H2,1-2H3,(H2,25,26,29)/t16-,19+,21+/m0/s1. The normalized spacial score (nSPS) is 27.1. The fourth-order valence-electron chi connectivity index (χ4n) is 5.75. The van der Waals surface area contributed by atoms with E-state index in [9.17, 15) is 4.79 Å². The van der Waals surface area contributed by atoms with Gasteiger partial charge in [-0.3, -0.25) is 10.3 Å². The summed E-state index contributed by atoms with van der Waals surface area (Å²) in [4.78, 5) is 18.9. The monoisotopic (exact) mass is 411 g/mol. The highest BCUT2D eigenvalue weighted by Gasteiger charge is 2.41. The van der Waals surface area contributed by atoms with Crippen LogP contribution in [0.25, 0.3) is 10.9 Å². The van der Waals surface area contributed by atoms with E-state index in [1.165, 1.54) is 27.7 Å². The van der Waals surface area contributed by atoms with Crippen LogP contribution >= 0.6 is 0 Å². The number of hydrazine groups is 1. The number of nitrogens with zero attached hydrogens (tertiary/aromatic N) is 2. The zero-order chi connectivity index (χ0) is 20.7. The minimum Gasteiger partial charge on any atom is -0.379 e. The smallest absolute Gasteiger partial charge is 0.329 e. The molecule has 1 aromatic heterocycles. The van der Waals surface area contributed by atoms with Gasteiger partial charge < -0.3 is 15.0 Å². The Morgan fingerprint density at radius 1 is 1.30 bits per heavy atom.